The average Bonchev–Trinajstić information content (AvgIpc) is 2.90. The van der Waals surface area contributed by atoms with Crippen LogP contribution in [0.2, 0.25) is 0 Å². The van der Waals surface area contributed by atoms with Crippen molar-refractivity contribution in [3.8, 4) is 0 Å². The molecule has 1 atom stereocenters. The molecule has 4 heteroatoms. The predicted octanol–water partition coefficient (Wildman–Crippen LogP) is 5.83. The van der Waals surface area contributed by atoms with E-state index in [0.29, 0.717) is 6.04 Å². The lowest BCUT2D eigenvalue weighted by Gasteiger charge is -2.35. The summed E-state index contributed by atoms with van der Waals surface area (Å²) in [5, 5.41) is 9.06. The summed E-state index contributed by atoms with van der Waals surface area (Å²) in [5.74, 6) is 0.329. The summed E-state index contributed by atoms with van der Waals surface area (Å²) in [4.78, 5) is 14.9. The molecule has 0 radical (unpaired) electrons. The van der Waals surface area contributed by atoms with Gasteiger partial charge in [-0.05, 0) is 60.6 Å². The first-order valence-corrected chi connectivity index (χ1v) is 11.7. The second-order valence-electron chi connectivity index (χ2n) is 7.97. The summed E-state index contributed by atoms with van der Waals surface area (Å²) >= 11 is 1.92. The van der Waals surface area contributed by atoms with Gasteiger partial charge < -0.3 is 10.0 Å². The second kappa shape index (κ2) is 9.64. The monoisotopic (exact) mass is 407 g/mol. The highest BCUT2D eigenvalue weighted by atomic mass is 32.2. The number of carboxylic acid groups (broad SMARTS) is 1. The fraction of sp³-hybridized carbons (Fsp3) is 0.400. The van der Waals surface area contributed by atoms with E-state index in [0.717, 1.165) is 38.1 Å². The van der Waals surface area contributed by atoms with Crippen LogP contribution in [0.5, 0.6) is 0 Å². The lowest BCUT2D eigenvalue weighted by atomic mass is 9.93. The third-order valence-electron chi connectivity index (χ3n) is 6.07. The molecule has 1 fully saturated rings. The minimum atomic E-state index is -0.679. The van der Waals surface area contributed by atoms with Crippen LogP contribution < -0.4 is 0 Å². The topological polar surface area (TPSA) is 40.5 Å². The molecular formula is C25H29NO2S. The maximum atomic E-state index is 11.0. The number of hydrogen-bond donors (Lipinski definition) is 1. The first kappa shape index (κ1) is 20.2. The molecule has 0 spiro atoms. The number of rotatable bonds is 6. The van der Waals surface area contributed by atoms with Crippen molar-refractivity contribution in [2.45, 2.75) is 55.2 Å². The predicted molar refractivity (Wildman–Crippen MR) is 120 cm³/mol. The molecule has 0 bridgehead atoms. The average molecular weight is 408 g/mol. The lowest BCUT2D eigenvalue weighted by molar-refractivity contribution is -0.137. The summed E-state index contributed by atoms with van der Waals surface area (Å²) < 4.78 is 0. The minimum Gasteiger partial charge on any atom is -0.481 e. The van der Waals surface area contributed by atoms with E-state index in [1.54, 1.807) is 0 Å². The molecule has 4 rings (SSSR count). The zero-order valence-corrected chi connectivity index (χ0v) is 17.7. The third kappa shape index (κ3) is 4.93. The molecular weight excluding hydrogens is 378 g/mol. The van der Waals surface area contributed by atoms with Crippen LogP contribution in [-0.2, 0) is 10.5 Å². The smallest absolute Gasteiger partial charge is 0.303 e. The summed E-state index contributed by atoms with van der Waals surface area (Å²) in [6.07, 6.45) is 8.03. The van der Waals surface area contributed by atoms with Crippen LogP contribution in [-0.4, -0.2) is 35.1 Å². The highest BCUT2D eigenvalue weighted by Gasteiger charge is 2.23. The second-order valence-corrected chi connectivity index (χ2v) is 8.98. The molecule has 2 aliphatic heterocycles. The quantitative estimate of drug-likeness (QED) is 0.654. The zero-order valence-electron chi connectivity index (χ0n) is 16.8. The lowest BCUT2D eigenvalue weighted by Crippen LogP contribution is -2.40. The molecule has 2 aliphatic rings. The van der Waals surface area contributed by atoms with E-state index in [9.17, 15) is 4.79 Å². The molecule has 0 amide bonds. The van der Waals surface area contributed by atoms with Gasteiger partial charge in [-0.15, -0.1) is 11.8 Å². The van der Waals surface area contributed by atoms with Gasteiger partial charge in [-0.2, -0.15) is 0 Å². The number of hydrogen-bond acceptors (Lipinski definition) is 3. The van der Waals surface area contributed by atoms with Gasteiger partial charge in [0.25, 0.3) is 0 Å². The molecule has 152 valence electrons. The SMILES string of the molecule is O=C(O)CCC1CCCCN1CCC=C1c2ccccc2CSc2ccccc21. The summed E-state index contributed by atoms with van der Waals surface area (Å²) in [6, 6.07) is 17.9. The zero-order chi connectivity index (χ0) is 20.1. The molecule has 2 aromatic rings. The van der Waals surface area contributed by atoms with Gasteiger partial charge >= 0.3 is 5.97 Å². The van der Waals surface area contributed by atoms with Crippen LogP contribution in [0.25, 0.3) is 5.57 Å². The van der Waals surface area contributed by atoms with Crippen molar-refractivity contribution in [2.24, 2.45) is 0 Å². The van der Waals surface area contributed by atoms with Gasteiger partial charge in [0, 0.05) is 29.7 Å². The van der Waals surface area contributed by atoms with Crippen molar-refractivity contribution >= 4 is 23.3 Å². The Morgan fingerprint density at radius 1 is 1.10 bits per heavy atom. The maximum absolute atomic E-state index is 11.0. The van der Waals surface area contributed by atoms with Crippen LogP contribution in [0.3, 0.4) is 0 Å². The highest BCUT2D eigenvalue weighted by molar-refractivity contribution is 7.98. The Morgan fingerprint density at radius 3 is 2.76 bits per heavy atom. The Balaban J connectivity index is 1.54. The van der Waals surface area contributed by atoms with Gasteiger partial charge in [0.05, 0.1) is 0 Å². The van der Waals surface area contributed by atoms with Gasteiger partial charge in [-0.25, -0.2) is 0 Å². The van der Waals surface area contributed by atoms with E-state index >= 15 is 0 Å². The van der Waals surface area contributed by atoms with E-state index in [1.165, 1.54) is 40.0 Å². The Kier molecular flexibility index (Phi) is 6.73. The van der Waals surface area contributed by atoms with Crippen LogP contribution >= 0.6 is 11.8 Å². The molecule has 2 heterocycles. The maximum Gasteiger partial charge on any atom is 0.303 e. The first-order chi connectivity index (χ1) is 14.2. The van der Waals surface area contributed by atoms with E-state index in [1.807, 2.05) is 11.8 Å². The number of carbonyl (C=O) groups is 1. The largest absolute Gasteiger partial charge is 0.481 e. The number of carboxylic acids is 1. The van der Waals surface area contributed by atoms with Crippen molar-refractivity contribution in [3.05, 3.63) is 71.3 Å². The van der Waals surface area contributed by atoms with Gasteiger partial charge in [0.15, 0.2) is 0 Å². The van der Waals surface area contributed by atoms with Crippen molar-refractivity contribution in [3.63, 3.8) is 0 Å². The Bertz CT molecular complexity index is 842. The minimum absolute atomic E-state index is 0.278. The first-order valence-electron chi connectivity index (χ1n) is 10.7. The summed E-state index contributed by atoms with van der Waals surface area (Å²) in [6.45, 7) is 2.10. The fourth-order valence-electron chi connectivity index (χ4n) is 4.59. The number of fused-ring (bicyclic) bond motifs is 2. The van der Waals surface area contributed by atoms with E-state index in [2.05, 4.69) is 59.5 Å². The standard InChI is InChI=1S/C25H29NO2S/c27-25(28)15-14-20-9-5-6-16-26(20)17-7-12-22-21-10-2-1-8-19(21)18-29-24-13-4-3-11-23(22)24/h1-4,8,10-13,20H,5-7,9,14-18H2,(H,27,28). The number of aliphatic carboxylic acids is 1. The van der Waals surface area contributed by atoms with Crippen LogP contribution in [0.1, 0.15) is 55.2 Å². The van der Waals surface area contributed by atoms with Gasteiger partial charge in [-0.1, -0.05) is 55.0 Å². The summed E-state index contributed by atoms with van der Waals surface area (Å²) in [7, 11) is 0. The molecule has 0 aliphatic carbocycles. The van der Waals surface area contributed by atoms with E-state index < -0.39 is 5.97 Å². The van der Waals surface area contributed by atoms with Crippen LogP contribution in [0.4, 0.5) is 0 Å². The number of piperidine rings is 1. The Hall–Kier alpha value is -2.04. The Labute approximate surface area is 177 Å². The fourth-order valence-corrected chi connectivity index (χ4v) is 5.66. The summed E-state index contributed by atoms with van der Waals surface area (Å²) in [5.41, 5.74) is 5.44. The van der Waals surface area contributed by atoms with Crippen molar-refractivity contribution in [1.82, 2.24) is 4.90 Å². The highest BCUT2D eigenvalue weighted by Crippen LogP contribution is 2.40. The van der Waals surface area contributed by atoms with Crippen LogP contribution in [0, 0.1) is 0 Å². The molecule has 1 N–H and O–H groups in total. The third-order valence-corrected chi connectivity index (χ3v) is 7.20. The molecule has 2 aromatic carbocycles. The van der Waals surface area contributed by atoms with Gasteiger partial charge in [0.1, 0.15) is 0 Å². The molecule has 0 aromatic heterocycles. The number of likely N-dealkylation sites (tertiary alicyclic amines) is 1. The molecule has 1 saturated heterocycles. The van der Waals surface area contributed by atoms with Crippen molar-refractivity contribution < 1.29 is 9.90 Å². The number of benzene rings is 2. The van der Waals surface area contributed by atoms with E-state index in [4.69, 9.17) is 5.11 Å². The normalized spacial score (nSPS) is 20.7. The number of nitrogens with zero attached hydrogens (tertiary/aromatic N) is 1. The van der Waals surface area contributed by atoms with Gasteiger partial charge in [-0.3, -0.25) is 4.79 Å². The van der Waals surface area contributed by atoms with Crippen molar-refractivity contribution in [2.75, 3.05) is 13.1 Å². The molecule has 0 saturated carbocycles. The van der Waals surface area contributed by atoms with Crippen LogP contribution in [0.15, 0.2) is 59.5 Å². The van der Waals surface area contributed by atoms with Gasteiger partial charge in [0.2, 0.25) is 0 Å². The van der Waals surface area contributed by atoms with Crippen molar-refractivity contribution in [1.29, 1.82) is 0 Å². The van der Waals surface area contributed by atoms with E-state index in [-0.39, 0.29) is 6.42 Å². The Morgan fingerprint density at radius 2 is 1.90 bits per heavy atom. The molecule has 3 nitrogen and oxygen atoms in total. The molecule has 29 heavy (non-hydrogen) atoms. The number of thioether (sulfide) groups is 1. The molecule has 1 unspecified atom stereocenters.